The van der Waals surface area contributed by atoms with E-state index in [0.29, 0.717) is 41.8 Å². The zero-order valence-corrected chi connectivity index (χ0v) is 31.7. The number of likely N-dealkylation sites (tertiary alicyclic amines) is 1. The van der Waals surface area contributed by atoms with Crippen molar-refractivity contribution in [2.24, 2.45) is 5.41 Å². The smallest absolute Gasteiger partial charge is 0.141 e. The Kier molecular flexibility index (Phi) is 13.6. The van der Waals surface area contributed by atoms with Crippen molar-refractivity contribution in [2.75, 3.05) is 52.7 Å². The van der Waals surface area contributed by atoms with E-state index in [9.17, 15) is 20.4 Å². The van der Waals surface area contributed by atoms with Crippen LogP contribution in [0.4, 0.5) is 0 Å². The van der Waals surface area contributed by atoms with Gasteiger partial charge in [-0.25, -0.2) is 0 Å². The van der Waals surface area contributed by atoms with E-state index < -0.39 is 36.4 Å². The third kappa shape index (κ3) is 9.09. The summed E-state index contributed by atoms with van der Waals surface area (Å²) in [5, 5.41) is 43.3. The molecule has 2 atom stereocenters. The lowest BCUT2D eigenvalue weighted by Gasteiger charge is -2.47. The molecule has 0 saturated carbocycles. The van der Waals surface area contributed by atoms with Crippen molar-refractivity contribution in [3.63, 3.8) is 0 Å². The second kappa shape index (κ2) is 17.7. The van der Waals surface area contributed by atoms with Crippen molar-refractivity contribution in [3.8, 4) is 11.5 Å². The van der Waals surface area contributed by atoms with Crippen molar-refractivity contribution < 1.29 is 34.6 Å². The number of ether oxygens (including phenoxy) is 3. The molecule has 1 aliphatic carbocycles. The SMILES string of the molecule is Cc1cccc(C)c1COc1cc(OC[C@@]2(OCCCN3CCC(O)C3)C=CC=C(c3ccccc3)C2(C)C)c(Cl)cc1CNC(CO)(CO)CO. The summed E-state index contributed by atoms with van der Waals surface area (Å²) in [7, 11) is 0. The van der Waals surface area contributed by atoms with Crippen molar-refractivity contribution >= 4 is 17.2 Å². The molecule has 0 aromatic heterocycles. The summed E-state index contributed by atoms with van der Waals surface area (Å²) in [6.07, 6.45) is 7.61. The molecule has 1 fully saturated rings. The maximum atomic E-state index is 10.0. The molecule has 0 spiro atoms. The maximum Gasteiger partial charge on any atom is 0.141 e. The van der Waals surface area contributed by atoms with Crippen molar-refractivity contribution in [1.29, 1.82) is 0 Å². The first-order valence-corrected chi connectivity index (χ1v) is 18.5. The Morgan fingerprint density at radius 2 is 1.65 bits per heavy atom. The molecule has 5 rings (SSSR count). The third-order valence-corrected chi connectivity index (χ3v) is 11.1. The van der Waals surface area contributed by atoms with Gasteiger partial charge in [0, 0.05) is 49.8 Å². The van der Waals surface area contributed by atoms with E-state index in [2.05, 4.69) is 48.3 Å². The number of nitrogens with zero attached hydrogens (tertiary/aromatic N) is 1. The van der Waals surface area contributed by atoms with Crippen LogP contribution < -0.4 is 14.8 Å². The Morgan fingerprint density at radius 3 is 2.31 bits per heavy atom. The monoisotopic (exact) mass is 734 g/mol. The van der Waals surface area contributed by atoms with Gasteiger partial charge in [-0.2, -0.15) is 0 Å². The Bertz CT molecular complexity index is 1660. The van der Waals surface area contributed by atoms with Crippen LogP contribution >= 0.6 is 11.6 Å². The normalized spacial score (nSPS) is 20.2. The molecule has 1 aliphatic heterocycles. The van der Waals surface area contributed by atoms with E-state index in [1.54, 1.807) is 12.1 Å². The summed E-state index contributed by atoms with van der Waals surface area (Å²) in [6, 6.07) is 20.0. The number of rotatable bonds is 18. The molecule has 0 radical (unpaired) electrons. The first-order valence-electron chi connectivity index (χ1n) is 18.2. The number of aryl methyl sites for hydroxylation is 2. The molecule has 10 heteroatoms. The van der Waals surface area contributed by atoms with Crippen LogP contribution in [0.15, 0.2) is 78.9 Å². The van der Waals surface area contributed by atoms with Crippen LogP contribution in [0, 0.1) is 19.3 Å². The predicted molar refractivity (Wildman–Crippen MR) is 206 cm³/mol. The van der Waals surface area contributed by atoms with Crippen LogP contribution in [0.2, 0.25) is 5.02 Å². The van der Waals surface area contributed by atoms with Crippen molar-refractivity contribution in [1.82, 2.24) is 10.2 Å². The summed E-state index contributed by atoms with van der Waals surface area (Å²) in [5.41, 5.74) is 3.55. The minimum absolute atomic E-state index is 0.159. The lowest BCUT2D eigenvalue weighted by Crippen LogP contribution is -2.54. The maximum absolute atomic E-state index is 10.0. The molecular formula is C42H55ClN2O7. The highest BCUT2D eigenvalue weighted by Gasteiger charge is 2.49. The van der Waals surface area contributed by atoms with Gasteiger partial charge in [0.25, 0.3) is 0 Å². The number of nitrogens with one attached hydrogen (secondary N) is 1. The molecule has 1 heterocycles. The van der Waals surface area contributed by atoms with Crippen molar-refractivity contribution in [2.45, 2.75) is 70.9 Å². The first kappa shape index (κ1) is 39.9. The van der Waals surface area contributed by atoms with Gasteiger partial charge in [0.05, 0.1) is 36.5 Å². The first-order chi connectivity index (χ1) is 25.0. The number of β-amino-alcohol motifs (C(OH)–C–C–N with tert-alkyl or cyclic N) is 1. The van der Waals surface area contributed by atoms with Gasteiger partial charge in [-0.15, -0.1) is 0 Å². The van der Waals surface area contributed by atoms with Crippen LogP contribution in [-0.2, 0) is 17.9 Å². The Labute approximate surface area is 313 Å². The minimum Gasteiger partial charge on any atom is -0.488 e. The molecule has 0 amide bonds. The average molecular weight is 735 g/mol. The molecule has 282 valence electrons. The van der Waals surface area contributed by atoms with Gasteiger partial charge in [-0.1, -0.05) is 86.1 Å². The van der Waals surface area contributed by atoms with E-state index in [1.807, 2.05) is 56.3 Å². The fourth-order valence-electron chi connectivity index (χ4n) is 7.05. The van der Waals surface area contributed by atoms with Crippen molar-refractivity contribution in [3.05, 3.63) is 112 Å². The zero-order valence-electron chi connectivity index (χ0n) is 30.9. The Hall–Kier alpha value is -3.25. The largest absolute Gasteiger partial charge is 0.488 e. The number of halogens is 1. The van der Waals surface area contributed by atoms with Gasteiger partial charge in [-0.05, 0) is 66.7 Å². The van der Waals surface area contributed by atoms with Crippen LogP contribution in [0.25, 0.3) is 5.57 Å². The van der Waals surface area contributed by atoms with E-state index in [4.69, 9.17) is 25.8 Å². The third-order valence-electron chi connectivity index (χ3n) is 10.8. The average Bonchev–Trinajstić information content (AvgIpc) is 3.56. The zero-order chi connectivity index (χ0) is 37.4. The molecule has 3 aromatic carbocycles. The van der Waals surface area contributed by atoms with E-state index in [0.717, 1.165) is 53.8 Å². The molecule has 1 saturated heterocycles. The fraction of sp³-hybridized carbons (Fsp3) is 0.476. The van der Waals surface area contributed by atoms with Crippen LogP contribution in [0.1, 0.15) is 54.5 Å². The summed E-state index contributed by atoms with van der Waals surface area (Å²) in [4.78, 5) is 2.27. The minimum atomic E-state index is -1.29. The van der Waals surface area contributed by atoms with Gasteiger partial charge in [-0.3, -0.25) is 0 Å². The molecular weight excluding hydrogens is 680 g/mol. The molecule has 0 bridgehead atoms. The lowest BCUT2D eigenvalue weighted by molar-refractivity contribution is -0.0926. The second-order valence-electron chi connectivity index (χ2n) is 14.7. The van der Waals surface area contributed by atoms with E-state index >= 15 is 0 Å². The van der Waals surface area contributed by atoms with Gasteiger partial charge >= 0.3 is 0 Å². The molecule has 3 aromatic rings. The molecule has 2 aliphatic rings. The Morgan fingerprint density at radius 1 is 0.942 bits per heavy atom. The number of aliphatic hydroxyl groups is 4. The summed E-state index contributed by atoms with van der Waals surface area (Å²) >= 11 is 6.94. The number of aliphatic hydroxyl groups excluding tert-OH is 4. The molecule has 9 nitrogen and oxygen atoms in total. The van der Waals surface area contributed by atoms with Gasteiger partial charge < -0.3 is 44.9 Å². The number of hydrogen-bond donors (Lipinski definition) is 5. The second-order valence-corrected chi connectivity index (χ2v) is 15.1. The van der Waals surface area contributed by atoms with Gasteiger partial charge in [0.15, 0.2) is 0 Å². The number of benzene rings is 3. The van der Waals surface area contributed by atoms with Gasteiger partial charge in [0.2, 0.25) is 0 Å². The van der Waals surface area contributed by atoms with Crippen LogP contribution in [0.3, 0.4) is 0 Å². The highest BCUT2D eigenvalue weighted by atomic mass is 35.5. The number of hydrogen-bond acceptors (Lipinski definition) is 9. The predicted octanol–water partition coefficient (Wildman–Crippen LogP) is 5.61. The van der Waals surface area contributed by atoms with Crippen LogP contribution in [-0.4, -0.2) is 95.2 Å². The quantitative estimate of drug-likeness (QED) is 0.106. The summed E-state index contributed by atoms with van der Waals surface area (Å²) in [6.45, 7) is 10.6. The molecule has 5 N–H and O–H groups in total. The van der Waals surface area contributed by atoms with Gasteiger partial charge in [0.1, 0.15) is 30.3 Å². The number of allylic oxidation sites excluding steroid dienone is 2. The van der Waals surface area contributed by atoms with E-state index in [-0.39, 0.29) is 19.3 Å². The summed E-state index contributed by atoms with van der Waals surface area (Å²) in [5.74, 6) is 0.942. The Balaban J connectivity index is 1.43. The summed E-state index contributed by atoms with van der Waals surface area (Å²) < 4.78 is 20.0. The van der Waals surface area contributed by atoms with Crippen LogP contribution in [0.5, 0.6) is 11.5 Å². The lowest BCUT2D eigenvalue weighted by atomic mass is 9.65. The fourth-order valence-corrected chi connectivity index (χ4v) is 7.29. The van der Waals surface area contributed by atoms with E-state index in [1.165, 1.54) is 0 Å². The highest BCUT2D eigenvalue weighted by molar-refractivity contribution is 6.32. The molecule has 1 unspecified atom stereocenters. The highest BCUT2D eigenvalue weighted by Crippen LogP contribution is 2.49. The standard InChI is InChI=1S/C42H55ClN2O7/c1-30-11-8-12-31(2)35(30)25-50-38-22-39(37(43)21-33(38)23-44-41(26-46,27-47)28-48)51-29-42(52-20-10-18-45-19-16-34(49)24-45)17-9-15-36(40(42,3)4)32-13-6-5-7-14-32/h5-9,11-15,17,21-22,34,44,46-49H,10,16,18-20,23-29H2,1-4H3/t34?,42-/m0/s1. The molecule has 52 heavy (non-hydrogen) atoms. The topological polar surface area (TPSA) is 124 Å².